The third-order valence-electron chi connectivity index (χ3n) is 7.32. The number of carbonyl (C=O) groups excluding carboxylic acids is 2. The SMILES string of the molecule is Cc1cccc2c1N(C(=O)COc1ccccc1)CCCN(C(C)C)CCN(C(=O)Cc1c(F)cccc1Cl)C2. The van der Waals surface area contributed by atoms with Crippen LogP contribution < -0.4 is 9.64 Å². The van der Waals surface area contributed by atoms with Crippen LogP contribution in [0.1, 0.15) is 37.0 Å². The van der Waals surface area contributed by atoms with Crippen molar-refractivity contribution in [2.75, 3.05) is 37.7 Å². The Hall–Kier alpha value is -3.42. The van der Waals surface area contributed by atoms with E-state index in [9.17, 15) is 14.0 Å². The van der Waals surface area contributed by atoms with Crippen molar-refractivity contribution in [3.8, 4) is 5.75 Å². The number of carbonyl (C=O) groups is 2. The summed E-state index contributed by atoms with van der Waals surface area (Å²) in [7, 11) is 0. The second-order valence-corrected chi connectivity index (χ2v) is 10.8. The number of rotatable bonds is 6. The highest BCUT2D eigenvalue weighted by Crippen LogP contribution is 2.29. The molecule has 4 rings (SSSR count). The maximum absolute atomic E-state index is 14.6. The molecule has 0 fully saturated rings. The topological polar surface area (TPSA) is 53.1 Å². The number of nitrogens with zero attached hydrogens (tertiary/aromatic N) is 3. The number of fused-ring (bicyclic) bond motifs is 1. The third-order valence-corrected chi connectivity index (χ3v) is 7.67. The van der Waals surface area contributed by atoms with Crippen molar-refractivity contribution in [2.45, 2.75) is 46.2 Å². The Morgan fingerprint density at radius 2 is 1.68 bits per heavy atom. The highest BCUT2D eigenvalue weighted by Gasteiger charge is 2.26. The van der Waals surface area contributed by atoms with Crippen LogP contribution in [0, 0.1) is 12.7 Å². The standard InChI is InChI=1S/C32H37ClFN3O3/c1-23(2)35-16-9-17-37(31(39)22-40-26-12-5-4-6-13-26)32-24(3)10-7-11-25(32)21-36(19-18-35)30(38)20-27-28(33)14-8-15-29(27)34/h4-8,10-15,23H,9,16-22H2,1-3H3. The van der Waals surface area contributed by atoms with Gasteiger partial charge in [0.15, 0.2) is 6.61 Å². The van der Waals surface area contributed by atoms with Crippen LogP contribution in [0.4, 0.5) is 10.1 Å². The molecule has 2 amide bonds. The summed E-state index contributed by atoms with van der Waals surface area (Å²) in [5.41, 5.74) is 2.79. The van der Waals surface area contributed by atoms with Gasteiger partial charge in [-0.2, -0.15) is 0 Å². The molecule has 1 aliphatic heterocycles. The third kappa shape index (κ3) is 7.40. The quantitative estimate of drug-likeness (QED) is 0.374. The number of halogens is 2. The zero-order chi connectivity index (χ0) is 28.6. The van der Waals surface area contributed by atoms with Crippen molar-refractivity contribution < 1.29 is 18.7 Å². The van der Waals surface area contributed by atoms with Gasteiger partial charge in [-0.05, 0) is 62.6 Å². The molecule has 6 nitrogen and oxygen atoms in total. The lowest BCUT2D eigenvalue weighted by Crippen LogP contribution is -2.42. The fraction of sp³-hybridized carbons (Fsp3) is 0.375. The molecule has 0 saturated heterocycles. The summed E-state index contributed by atoms with van der Waals surface area (Å²) in [6.07, 6.45) is 0.629. The van der Waals surface area contributed by atoms with Gasteiger partial charge in [-0.1, -0.05) is 54.1 Å². The fourth-order valence-corrected chi connectivity index (χ4v) is 5.34. The Kier molecular flexibility index (Phi) is 10.2. The minimum Gasteiger partial charge on any atom is -0.484 e. The number of amides is 2. The molecule has 0 spiro atoms. The van der Waals surface area contributed by atoms with Crippen molar-refractivity contribution >= 4 is 29.1 Å². The second-order valence-electron chi connectivity index (χ2n) is 10.4. The molecule has 0 bridgehead atoms. The molecule has 1 aliphatic rings. The molecule has 0 aromatic heterocycles. The monoisotopic (exact) mass is 565 g/mol. The number of para-hydroxylation sites is 2. The molecule has 3 aromatic rings. The van der Waals surface area contributed by atoms with Crippen molar-refractivity contribution in [3.05, 3.63) is 94.3 Å². The van der Waals surface area contributed by atoms with Gasteiger partial charge in [-0.15, -0.1) is 0 Å². The van der Waals surface area contributed by atoms with Crippen LogP contribution in [0.2, 0.25) is 5.02 Å². The lowest BCUT2D eigenvalue weighted by atomic mass is 10.0. The number of ether oxygens (including phenoxy) is 1. The average molecular weight is 566 g/mol. The van der Waals surface area contributed by atoms with E-state index in [0.29, 0.717) is 25.4 Å². The van der Waals surface area contributed by atoms with Crippen LogP contribution in [0.3, 0.4) is 0 Å². The predicted octanol–water partition coefficient (Wildman–Crippen LogP) is 5.88. The van der Waals surface area contributed by atoms with Crippen LogP contribution >= 0.6 is 11.6 Å². The van der Waals surface area contributed by atoms with Crippen molar-refractivity contribution in [1.29, 1.82) is 0 Å². The minimum atomic E-state index is -0.492. The molecule has 0 radical (unpaired) electrons. The van der Waals surface area contributed by atoms with Crippen molar-refractivity contribution in [3.63, 3.8) is 0 Å². The van der Waals surface area contributed by atoms with Gasteiger partial charge in [0, 0.05) is 49.4 Å². The van der Waals surface area contributed by atoms with E-state index in [1.54, 1.807) is 15.9 Å². The maximum Gasteiger partial charge on any atom is 0.264 e. The van der Waals surface area contributed by atoms with Gasteiger partial charge in [0.2, 0.25) is 5.91 Å². The Labute approximate surface area is 241 Å². The Balaban J connectivity index is 1.66. The highest BCUT2D eigenvalue weighted by atomic mass is 35.5. The van der Waals surface area contributed by atoms with E-state index in [0.717, 1.165) is 29.8 Å². The van der Waals surface area contributed by atoms with Crippen molar-refractivity contribution in [2.24, 2.45) is 0 Å². The molecule has 40 heavy (non-hydrogen) atoms. The molecule has 0 N–H and O–H groups in total. The molecular formula is C32H37ClFN3O3. The predicted molar refractivity (Wildman–Crippen MR) is 157 cm³/mol. The van der Waals surface area contributed by atoms with Gasteiger partial charge < -0.3 is 14.5 Å². The summed E-state index contributed by atoms with van der Waals surface area (Å²) in [6, 6.07) is 19.9. The smallest absolute Gasteiger partial charge is 0.264 e. The summed E-state index contributed by atoms with van der Waals surface area (Å²) in [4.78, 5) is 33.1. The number of aryl methyl sites for hydroxylation is 1. The lowest BCUT2D eigenvalue weighted by molar-refractivity contribution is -0.131. The van der Waals surface area contributed by atoms with Crippen LogP contribution in [0.5, 0.6) is 5.75 Å². The number of anilines is 1. The van der Waals surface area contributed by atoms with E-state index < -0.39 is 5.82 Å². The molecule has 0 atom stereocenters. The van der Waals surface area contributed by atoms with Gasteiger partial charge >= 0.3 is 0 Å². The van der Waals surface area contributed by atoms with Gasteiger partial charge in [0.1, 0.15) is 11.6 Å². The summed E-state index contributed by atoms with van der Waals surface area (Å²) in [5, 5.41) is 0.237. The first-order chi connectivity index (χ1) is 19.2. The minimum absolute atomic E-state index is 0.0971. The molecule has 0 unspecified atom stereocenters. The number of hydrogen-bond acceptors (Lipinski definition) is 4. The van der Waals surface area contributed by atoms with Crippen LogP contribution in [0.15, 0.2) is 66.7 Å². The van der Waals surface area contributed by atoms with E-state index in [4.69, 9.17) is 16.3 Å². The largest absolute Gasteiger partial charge is 0.484 e. The van der Waals surface area contributed by atoms with Crippen molar-refractivity contribution in [1.82, 2.24) is 9.80 Å². The summed E-state index contributed by atoms with van der Waals surface area (Å²) in [6.45, 7) is 8.85. The average Bonchev–Trinajstić information content (AvgIpc) is 2.97. The second kappa shape index (κ2) is 13.8. The van der Waals surface area contributed by atoms with Crippen LogP contribution in [-0.2, 0) is 22.6 Å². The molecule has 1 heterocycles. The Morgan fingerprint density at radius 1 is 0.925 bits per heavy atom. The normalized spacial score (nSPS) is 14.9. The number of hydrogen-bond donors (Lipinski definition) is 0. The number of benzene rings is 3. The zero-order valence-electron chi connectivity index (χ0n) is 23.4. The van der Waals surface area contributed by atoms with Gasteiger partial charge in [-0.25, -0.2) is 4.39 Å². The van der Waals surface area contributed by atoms with Crippen LogP contribution in [0.25, 0.3) is 0 Å². The Morgan fingerprint density at radius 3 is 2.40 bits per heavy atom. The zero-order valence-corrected chi connectivity index (χ0v) is 24.2. The Bertz CT molecular complexity index is 1300. The highest BCUT2D eigenvalue weighted by molar-refractivity contribution is 6.31. The van der Waals surface area contributed by atoms with E-state index in [-0.39, 0.29) is 48.0 Å². The molecule has 3 aromatic carbocycles. The first-order valence-corrected chi connectivity index (χ1v) is 14.1. The van der Waals surface area contributed by atoms with Crippen LogP contribution in [-0.4, -0.2) is 60.4 Å². The van der Waals surface area contributed by atoms with Gasteiger partial charge in [0.05, 0.1) is 12.1 Å². The fourth-order valence-electron chi connectivity index (χ4n) is 5.11. The maximum atomic E-state index is 14.6. The summed E-state index contributed by atoms with van der Waals surface area (Å²) >= 11 is 6.26. The lowest BCUT2D eigenvalue weighted by Gasteiger charge is -2.30. The molecule has 212 valence electrons. The summed E-state index contributed by atoms with van der Waals surface area (Å²) in [5.74, 6) is -0.222. The first kappa shape index (κ1) is 29.6. The van der Waals surface area contributed by atoms with E-state index in [2.05, 4.69) is 18.7 Å². The van der Waals surface area contributed by atoms with E-state index in [1.165, 1.54) is 12.1 Å². The van der Waals surface area contributed by atoms with Gasteiger partial charge in [0.25, 0.3) is 5.91 Å². The molecule has 0 saturated carbocycles. The molecule has 0 aliphatic carbocycles. The van der Waals surface area contributed by atoms with Gasteiger partial charge in [-0.3, -0.25) is 14.5 Å². The molecule has 8 heteroatoms. The van der Waals surface area contributed by atoms with E-state index >= 15 is 0 Å². The first-order valence-electron chi connectivity index (χ1n) is 13.8. The summed E-state index contributed by atoms with van der Waals surface area (Å²) < 4.78 is 20.4. The molecular weight excluding hydrogens is 529 g/mol. The van der Waals surface area contributed by atoms with E-state index in [1.807, 2.05) is 55.5 Å².